The first-order valence-electron chi connectivity index (χ1n) is 7.68. The number of thiophene rings is 1. The van der Waals surface area contributed by atoms with Gasteiger partial charge in [-0.3, -0.25) is 0 Å². The fourth-order valence-electron chi connectivity index (χ4n) is 2.12. The Balaban J connectivity index is 1.64. The summed E-state index contributed by atoms with van der Waals surface area (Å²) in [6.45, 7) is 0.324. The molecule has 3 rings (SSSR count). The van der Waals surface area contributed by atoms with Crippen LogP contribution >= 0.6 is 27.3 Å². The molecule has 0 bridgehead atoms. The maximum Gasteiger partial charge on any atom is 0.365 e. The zero-order chi connectivity index (χ0) is 18.4. The Bertz CT molecular complexity index is 926. The predicted octanol–water partition coefficient (Wildman–Crippen LogP) is 4.57. The van der Waals surface area contributed by atoms with Crippen molar-refractivity contribution < 1.29 is 14.4 Å². The van der Waals surface area contributed by atoms with Gasteiger partial charge in [0.25, 0.3) is 0 Å². The van der Waals surface area contributed by atoms with Crippen molar-refractivity contribution in [1.82, 2.24) is 0 Å². The largest absolute Gasteiger partial charge is 0.488 e. The van der Waals surface area contributed by atoms with E-state index in [0.29, 0.717) is 12.2 Å². The molecule has 1 heterocycles. The fourth-order valence-corrected chi connectivity index (χ4v) is 3.14. The second kappa shape index (κ2) is 8.64. The molecule has 0 saturated carbocycles. The van der Waals surface area contributed by atoms with E-state index in [-0.39, 0.29) is 5.84 Å². The number of amidine groups is 1. The molecule has 0 amide bonds. The van der Waals surface area contributed by atoms with Crippen LogP contribution in [-0.4, -0.2) is 11.8 Å². The SMILES string of the molecule is N/C(=N\OC(=O)c1cccc(COc2ccccc2Br)c1)c1cccs1. The molecular formula is C19H15BrN2O3S. The van der Waals surface area contributed by atoms with Gasteiger partial charge in [-0.1, -0.05) is 35.5 Å². The van der Waals surface area contributed by atoms with E-state index in [1.54, 1.807) is 24.3 Å². The number of carbonyl (C=O) groups excluding carboxylic acids is 1. The van der Waals surface area contributed by atoms with Crippen molar-refractivity contribution in [3.05, 3.63) is 86.5 Å². The van der Waals surface area contributed by atoms with Crippen molar-refractivity contribution in [2.24, 2.45) is 10.9 Å². The number of rotatable bonds is 6. The summed E-state index contributed by atoms with van der Waals surface area (Å²) in [5.41, 5.74) is 6.99. The molecule has 0 aliphatic heterocycles. The number of halogens is 1. The van der Waals surface area contributed by atoms with Gasteiger partial charge >= 0.3 is 5.97 Å². The van der Waals surface area contributed by atoms with E-state index in [1.807, 2.05) is 41.8 Å². The minimum Gasteiger partial charge on any atom is -0.488 e. The van der Waals surface area contributed by atoms with Crippen LogP contribution in [0.3, 0.4) is 0 Å². The lowest BCUT2D eigenvalue weighted by molar-refractivity contribution is 0.0516. The topological polar surface area (TPSA) is 73.9 Å². The lowest BCUT2D eigenvalue weighted by Crippen LogP contribution is -2.13. The van der Waals surface area contributed by atoms with Crippen LogP contribution in [0.4, 0.5) is 0 Å². The highest BCUT2D eigenvalue weighted by atomic mass is 79.9. The molecule has 26 heavy (non-hydrogen) atoms. The predicted molar refractivity (Wildman–Crippen MR) is 105 cm³/mol. The Labute approximate surface area is 163 Å². The third kappa shape index (κ3) is 4.71. The maximum absolute atomic E-state index is 12.2. The van der Waals surface area contributed by atoms with Gasteiger partial charge in [0.05, 0.1) is 14.9 Å². The zero-order valence-electron chi connectivity index (χ0n) is 13.6. The molecule has 2 N–H and O–H groups in total. The van der Waals surface area contributed by atoms with Crippen LogP contribution in [0.25, 0.3) is 0 Å². The summed E-state index contributed by atoms with van der Waals surface area (Å²) in [4.78, 5) is 17.8. The van der Waals surface area contributed by atoms with Gasteiger partial charge in [0.15, 0.2) is 5.84 Å². The molecule has 0 aliphatic carbocycles. The third-order valence-corrected chi connectivity index (χ3v) is 4.94. The first-order valence-corrected chi connectivity index (χ1v) is 9.35. The summed E-state index contributed by atoms with van der Waals surface area (Å²) >= 11 is 4.85. The number of benzene rings is 2. The molecule has 0 unspecified atom stereocenters. The Kier molecular flexibility index (Phi) is 6.04. The Morgan fingerprint density at radius 1 is 1.12 bits per heavy atom. The summed E-state index contributed by atoms with van der Waals surface area (Å²) in [6.07, 6.45) is 0. The minimum absolute atomic E-state index is 0.168. The van der Waals surface area contributed by atoms with E-state index in [2.05, 4.69) is 21.1 Å². The van der Waals surface area contributed by atoms with Gasteiger partial charge in [0, 0.05) is 0 Å². The average molecular weight is 431 g/mol. The molecule has 0 aliphatic rings. The number of para-hydroxylation sites is 1. The molecule has 0 atom stereocenters. The molecule has 132 valence electrons. The summed E-state index contributed by atoms with van der Waals surface area (Å²) in [7, 11) is 0. The molecule has 3 aromatic rings. The lowest BCUT2D eigenvalue weighted by atomic mass is 10.1. The van der Waals surface area contributed by atoms with Gasteiger partial charge in [-0.2, -0.15) is 0 Å². The Hall–Kier alpha value is -2.64. The molecule has 2 aromatic carbocycles. The zero-order valence-corrected chi connectivity index (χ0v) is 16.0. The van der Waals surface area contributed by atoms with Gasteiger partial charge in [-0.05, 0) is 57.2 Å². The molecule has 1 aromatic heterocycles. The first kappa shape index (κ1) is 18.2. The van der Waals surface area contributed by atoms with Crippen LogP contribution in [0.5, 0.6) is 5.75 Å². The number of hydrogen-bond acceptors (Lipinski definition) is 5. The van der Waals surface area contributed by atoms with Gasteiger partial charge in [0.1, 0.15) is 12.4 Å². The fraction of sp³-hybridized carbons (Fsp3) is 0.0526. The summed E-state index contributed by atoms with van der Waals surface area (Å²) in [6, 6.07) is 18.2. The second-order valence-corrected chi connectivity index (χ2v) is 7.05. The summed E-state index contributed by atoms with van der Waals surface area (Å²) in [5, 5.41) is 5.56. The minimum atomic E-state index is -0.577. The number of carbonyl (C=O) groups is 1. The van der Waals surface area contributed by atoms with E-state index in [1.165, 1.54) is 11.3 Å². The molecule has 0 fully saturated rings. The highest BCUT2D eigenvalue weighted by Crippen LogP contribution is 2.24. The number of hydrogen-bond donors (Lipinski definition) is 1. The van der Waals surface area contributed by atoms with Crippen LogP contribution in [0, 0.1) is 0 Å². The number of nitrogens with two attached hydrogens (primary N) is 1. The van der Waals surface area contributed by atoms with Gasteiger partial charge in [0.2, 0.25) is 0 Å². The van der Waals surface area contributed by atoms with Gasteiger partial charge in [-0.25, -0.2) is 4.79 Å². The average Bonchev–Trinajstić information content (AvgIpc) is 3.20. The molecule has 5 nitrogen and oxygen atoms in total. The van der Waals surface area contributed by atoms with Crippen LogP contribution < -0.4 is 10.5 Å². The number of oxime groups is 1. The first-order chi connectivity index (χ1) is 12.6. The normalized spacial score (nSPS) is 11.2. The quantitative estimate of drug-likeness (QED) is 0.269. The van der Waals surface area contributed by atoms with Crippen molar-refractivity contribution in [1.29, 1.82) is 0 Å². The van der Waals surface area contributed by atoms with Crippen molar-refractivity contribution >= 4 is 39.1 Å². The van der Waals surface area contributed by atoms with Crippen LogP contribution in [0.15, 0.2) is 75.7 Å². The van der Waals surface area contributed by atoms with E-state index < -0.39 is 5.97 Å². The van der Waals surface area contributed by atoms with Crippen LogP contribution in [0.2, 0.25) is 0 Å². The summed E-state index contributed by atoms with van der Waals surface area (Å²) < 4.78 is 6.63. The Morgan fingerprint density at radius 2 is 1.96 bits per heavy atom. The van der Waals surface area contributed by atoms with Crippen molar-refractivity contribution in [3.8, 4) is 5.75 Å². The number of nitrogens with zero attached hydrogens (tertiary/aromatic N) is 1. The highest BCUT2D eigenvalue weighted by Gasteiger charge is 2.10. The highest BCUT2D eigenvalue weighted by molar-refractivity contribution is 9.10. The van der Waals surface area contributed by atoms with Crippen molar-refractivity contribution in [2.75, 3.05) is 0 Å². The van der Waals surface area contributed by atoms with E-state index in [0.717, 1.165) is 20.7 Å². The third-order valence-electron chi connectivity index (χ3n) is 3.39. The van der Waals surface area contributed by atoms with Gasteiger partial charge in [-0.15, -0.1) is 11.3 Å². The van der Waals surface area contributed by atoms with Gasteiger partial charge < -0.3 is 15.3 Å². The Morgan fingerprint density at radius 3 is 2.73 bits per heavy atom. The smallest absolute Gasteiger partial charge is 0.365 e. The van der Waals surface area contributed by atoms with Crippen LogP contribution in [-0.2, 0) is 11.4 Å². The standard InChI is InChI=1S/C19H15BrN2O3S/c20-15-7-1-2-8-16(15)24-12-13-5-3-6-14(11-13)19(23)25-22-18(21)17-9-4-10-26-17/h1-11H,12H2,(H2,21,22). The summed E-state index contributed by atoms with van der Waals surface area (Å²) in [5.74, 6) is 0.322. The lowest BCUT2D eigenvalue weighted by Gasteiger charge is -2.08. The molecule has 7 heteroatoms. The van der Waals surface area contributed by atoms with Crippen molar-refractivity contribution in [3.63, 3.8) is 0 Å². The van der Waals surface area contributed by atoms with Crippen molar-refractivity contribution in [2.45, 2.75) is 6.61 Å². The second-order valence-electron chi connectivity index (χ2n) is 5.25. The van der Waals surface area contributed by atoms with E-state index in [9.17, 15) is 4.79 Å². The maximum atomic E-state index is 12.2. The molecule has 0 saturated heterocycles. The molecular weight excluding hydrogens is 416 g/mol. The van der Waals surface area contributed by atoms with Crippen LogP contribution in [0.1, 0.15) is 20.8 Å². The van der Waals surface area contributed by atoms with E-state index in [4.69, 9.17) is 15.3 Å². The molecule has 0 spiro atoms. The molecule has 0 radical (unpaired) electrons. The number of ether oxygens (including phenoxy) is 1. The van der Waals surface area contributed by atoms with E-state index >= 15 is 0 Å². The monoisotopic (exact) mass is 430 g/mol.